The fourth-order valence-corrected chi connectivity index (χ4v) is 2.09. The molecule has 1 aromatic carbocycles. The van der Waals surface area contributed by atoms with E-state index in [1.54, 1.807) is 7.11 Å². The summed E-state index contributed by atoms with van der Waals surface area (Å²) in [6.45, 7) is 0. The molecule has 0 radical (unpaired) electrons. The number of aryl methyl sites for hydroxylation is 1. The van der Waals surface area contributed by atoms with Gasteiger partial charge < -0.3 is 15.2 Å². The Morgan fingerprint density at radius 2 is 2.44 bits per heavy atom. The lowest BCUT2D eigenvalue weighted by molar-refractivity contribution is -0.137. The van der Waals surface area contributed by atoms with Crippen LogP contribution in [0.3, 0.4) is 0 Å². The van der Waals surface area contributed by atoms with Crippen molar-refractivity contribution in [3.8, 4) is 5.75 Å². The van der Waals surface area contributed by atoms with Crippen molar-refractivity contribution >= 4 is 11.7 Å². The molecular formula is C12H15NO3. The van der Waals surface area contributed by atoms with Crippen molar-refractivity contribution in [1.82, 2.24) is 0 Å². The highest BCUT2D eigenvalue weighted by atomic mass is 16.5. The fraction of sp³-hybridized carbons (Fsp3) is 0.417. The maximum absolute atomic E-state index is 10.7. The van der Waals surface area contributed by atoms with Crippen LogP contribution >= 0.6 is 0 Å². The number of fused-ring (bicyclic) bond motifs is 1. The molecule has 2 rings (SSSR count). The highest BCUT2D eigenvalue weighted by Crippen LogP contribution is 2.34. The largest absolute Gasteiger partial charge is 0.495 e. The van der Waals surface area contributed by atoms with Crippen molar-refractivity contribution in [1.29, 1.82) is 0 Å². The van der Waals surface area contributed by atoms with Crippen LogP contribution in [-0.4, -0.2) is 24.2 Å². The van der Waals surface area contributed by atoms with Gasteiger partial charge in [0, 0.05) is 6.04 Å². The lowest BCUT2D eigenvalue weighted by Gasteiger charge is -2.27. The molecule has 4 heteroatoms. The number of carboxylic acids is 1. The minimum atomic E-state index is -0.768. The second-order valence-electron chi connectivity index (χ2n) is 3.97. The van der Waals surface area contributed by atoms with Gasteiger partial charge in [-0.25, -0.2) is 0 Å². The van der Waals surface area contributed by atoms with Crippen LogP contribution in [0, 0.1) is 0 Å². The summed E-state index contributed by atoms with van der Waals surface area (Å²) in [4.78, 5) is 10.7. The Balaban J connectivity index is 2.21. The van der Waals surface area contributed by atoms with Crippen LogP contribution in [0.4, 0.5) is 5.69 Å². The molecule has 0 saturated carbocycles. The van der Waals surface area contributed by atoms with Crippen LogP contribution in [0.15, 0.2) is 18.2 Å². The Kier molecular flexibility index (Phi) is 2.99. The van der Waals surface area contributed by atoms with Crippen molar-refractivity contribution in [3.63, 3.8) is 0 Å². The van der Waals surface area contributed by atoms with Crippen molar-refractivity contribution < 1.29 is 14.6 Å². The second kappa shape index (κ2) is 4.43. The zero-order valence-corrected chi connectivity index (χ0v) is 9.19. The number of aliphatic carboxylic acids is 1. The Morgan fingerprint density at radius 3 is 3.12 bits per heavy atom. The molecule has 4 nitrogen and oxygen atoms in total. The van der Waals surface area contributed by atoms with Gasteiger partial charge in [-0.2, -0.15) is 0 Å². The third-order valence-electron chi connectivity index (χ3n) is 2.86. The minimum absolute atomic E-state index is 0.00120. The predicted octanol–water partition coefficient (Wildman–Crippen LogP) is 1.90. The molecule has 0 aliphatic carbocycles. The number of para-hydroxylation sites is 1. The first-order chi connectivity index (χ1) is 7.70. The van der Waals surface area contributed by atoms with Gasteiger partial charge in [0.2, 0.25) is 0 Å². The third-order valence-corrected chi connectivity index (χ3v) is 2.86. The van der Waals surface area contributed by atoms with E-state index in [2.05, 4.69) is 5.32 Å². The van der Waals surface area contributed by atoms with Crippen molar-refractivity contribution in [2.45, 2.75) is 25.3 Å². The molecule has 1 aliphatic heterocycles. The number of methoxy groups -OCH3 is 1. The van der Waals surface area contributed by atoms with Crippen LogP contribution in [0.25, 0.3) is 0 Å². The molecule has 1 atom stereocenters. The van der Waals surface area contributed by atoms with Gasteiger partial charge in [0.15, 0.2) is 0 Å². The molecule has 16 heavy (non-hydrogen) atoms. The molecule has 0 fully saturated rings. The van der Waals surface area contributed by atoms with E-state index in [1.807, 2.05) is 18.2 Å². The first-order valence-electron chi connectivity index (χ1n) is 5.35. The number of anilines is 1. The van der Waals surface area contributed by atoms with E-state index in [-0.39, 0.29) is 12.5 Å². The van der Waals surface area contributed by atoms with E-state index in [9.17, 15) is 4.79 Å². The summed E-state index contributed by atoms with van der Waals surface area (Å²) < 4.78 is 5.26. The smallest absolute Gasteiger partial charge is 0.305 e. The third kappa shape index (κ3) is 2.10. The zero-order chi connectivity index (χ0) is 11.5. The molecule has 1 aromatic rings. The Hall–Kier alpha value is -1.71. The topological polar surface area (TPSA) is 58.6 Å². The highest BCUT2D eigenvalue weighted by Gasteiger charge is 2.22. The summed E-state index contributed by atoms with van der Waals surface area (Å²) >= 11 is 0. The van der Waals surface area contributed by atoms with Gasteiger partial charge in [-0.1, -0.05) is 12.1 Å². The van der Waals surface area contributed by atoms with E-state index in [0.29, 0.717) is 0 Å². The summed E-state index contributed by atoms with van der Waals surface area (Å²) in [5.41, 5.74) is 2.14. The summed E-state index contributed by atoms with van der Waals surface area (Å²) in [5, 5.41) is 12.0. The molecule has 0 bridgehead atoms. The molecule has 2 N–H and O–H groups in total. The van der Waals surface area contributed by atoms with Gasteiger partial charge in [-0.3, -0.25) is 4.79 Å². The van der Waals surface area contributed by atoms with Gasteiger partial charge >= 0.3 is 5.97 Å². The van der Waals surface area contributed by atoms with Crippen LogP contribution in [0.5, 0.6) is 5.75 Å². The van der Waals surface area contributed by atoms with Crippen LogP contribution in [0.2, 0.25) is 0 Å². The summed E-state index contributed by atoms with van der Waals surface area (Å²) in [6.07, 6.45) is 1.90. The normalized spacial score (nSPS) is 18.4. The zero-order valence-electron chi connectivity index (χ0n) is 9.19. The van der Waals surface area contributed by atoms with Crippen molar-refractivity contribution in [3.05, 3.63) is 23.8 Å². The number of hydrogen-bond acceptors (Lipinski definition) is 3. The number of nitrogens with one attached hydrogen (secondary N) is 1. The maximum Gasteiger partial charge on any atom is 0.305 e. The van der Waals surface area contributed by atoms with Gasteiger partial charge in [-0.15, -0.1) is 0 Å². The van der Waals surface area contributed by atoms with Crippen LogP contribution in [-0.2, 0) is 11.2 Å². The monoisotopic (exact) mass is 221 g/mol. The Bertz CT molecular complexity index is 389. The lowest BCUT2D eigenvalue weighted by Crippen LogP contribution is -2.28. The molecule has 0 saturated heterocycles. The average molecular weight is 221 g/mol. The minimum Gasteiger partial charge on any atom is -0.495 e. The van der Waals surface area contributed by atoms with Crippen molar-refractivity contribution in [2.24, 2.45) is 0 Å². The average Bonchev–Trinajstić information content (AvgIpc) is 2.27. The molecule has 0 spiro atoms. The molecular weight excluding hydrogens is 206 g/mol. The summed E-state index contributed by atoms with van der Waals surface area (Å²) in [7, 11) is 1.62. The number of hydrogen-bond donors (Lipinski definition) is 2. The van der Waals surface area contributed by atoms with E-state index in [0.717, 1.165) is 24.3 Å². The first-order valence-corrected chi connectivity index (χ1v) is 5.35. The molecule has 1 aliphatic rings. The predicted molar refractivity (Wildman–Crippen MR) is 61.0 cm³/mol. The summed E-state index contributed by atoms with van der Waals surface area (Å²) in [6, 6.07) is 5.88. The van der Waals surface area contributed by atoms with E-state index in [1.165, 1.54) is 5.56 Å². The number of benzene rings is 1. The standard InChI is InChI=1S/C12H15NO3/c1-16-10-4-2-3-8-5-6-9(7-11(14)15)13-12(8)10/h2-4,9,13H,5-7H2,1H3,(H,14,15). The van der Waals surface area contributed by atoms with E-state index >= 15 is 0 Å². The Labute approximate surface area is 94.2 Å². The Morgan fingerprint density at radius 1 is 1.62 bits per heavy atom. The SMILES string of the molecule is COc1cccc2c1NC(CC(=O)O)CC2. The number of carboxylic acid groups (broad SMARTS) is 1. The second-order valence-corrected chi connectivity index (χ2v) is 3.97. The molecule has 86 valence electrons. The molecule has 1 unspecified atom stereocenters. The van der Waals surface area contributed by atoms with Crippen LogP contribution < -0.4 is 10.1 Å². The van der Waals surface area contributed by atoms with Gasteiger partial charge in [0.05, 0.1) is 19.2 Å². The molecule has 1 heterocycles. The number of rotatable bonds is 3. The van der Waals surface area contributed by atoms with Gasteiger partial charge in [-0.05, 0) is 24.5 Å². The van der Waals surface area contributed by atoms with Crippen LogP contribution in [0.1, 0.15) is 18.4 Å². The maximum atomic E-state index is 10.7. The number of carbonyl (C=O) groups is 1. The lowest BCUT2D eigenvalue weighted by atomic mass is 9.96. The number of ether oxygens (including phenoxy) is 1. The molecule has 0 amide bonds. The van der Waals surface area contributed by atoms with E-state index < -0.39 is 5.97 Å². The van der Waals surface area contributed by atoms with Gasteiger partial charge in [0.25, 0.3) is 0 Å². The van der Waals surface area contributed by atoms with Gasteiger partial charge in [0.1, 0.15) is 5.75 Å². The fourth-order valence-electron chi connectivity index (χ4n) is 2.09. The first kappa shape index (κ1) is 10.8. The van der Waals surface area contributed by atoms with E-state index in [4.69, 9.17) is 9.84 Å². The molecule has 0 aromatic heterocycles. The summed E-state index contributed by atoms with van der Waals surface area (Å²) in [5.74, 6) is 0.0171. The van der Waals surface area contributed by atoms with Crippen molar-refractivity contribution in [2.75, 3.05) is 12.4 Å². The highest BCUT2D eigenvalue weighted by molar-refractivity contribution is 5.70. The quantitative estimate of drug-likeness (QED) is 0.818.